The van der Waals surface area contributed by atoms with Crippen LogP contribution >= 0.6 is 0 Å². The number of para-hydroxylation sites is 2. The minimum Gasteiger partial charge on any atom is -0.493 e. The second-order valence-electron chi connectivity index (χ2n) is 9.40. The Kier molecular flexibility index (Phi) is 7.14. The van der Waals surface area contributed by atoms with Crippen LogP contribution in [0, 0.1) is 18.8 Å². The Balaban J connectivity index is 0.00000289. The molecule has 0 N–H and O–H groups in total. The number of ether oxygens (including phenoxy) is 1. The van der Waals surface area contributed by atoms with Crippen LogP contribution < -0.4 is 31.0 Å². The van der Waals surface area contributed by atoms with Gasteiger partial charge in [-0.05, 0) is 31.3 Å². The van der Waals surface area contributed by atoms with Gasteiger partial charge in [0.25, 0.3) is 0 Å². The van der Waals surface area contributed by atoms with Crippen LogP contribution in [0.4, 0.5) is 22.7 Å². The summed E-state index contributed by atoms with van der Waals surface area (Å²) in [6.07, 6.45) is 3.50. The quantitative estimate of drug-likeness (QED) is 0.195. The summed E-state index contributed by atoms with van der Waals surface area (Å²) in [7, 11) is 1.96. The molecule has 40 heavy (non-hydrogen) atoms. The van der Waals surface area contributed by atoms with E-state index >= 15 is 0 Å². The van der Waals surface area contributed by atoms with Crippen molar-refractivity contribution >= 4 is 52.2 Å². The van der Waals surface area contributed by atoms with Gasteiger partial charge in [0, 0.05) is 50.5 Å². The Labute approximate surface area is 248 Å². The molecule has 2 aliphatic heterocycles. The summed E-state index contributed by atoms with van der Waals surface area (Å²) in [5.74, 6) is 1.15. The van der Waals surface area contributed by atoms with Crippen molar-refractivity contribution in [1.82, 2.24) is 9.88 Å². The number of benzene rings is 4. The van der Waals surface area contributed by atoms with E-state index in [1.807, 2.05) is 60.0 Å². The van der Waals surface area contributed by atoms with Gasteiger partial charge in [-0.3, -0.25) is 0 Å². The monoisotopic (exact) mass is 699 g/mol. The molecule has 2 aliphatic rings. The van der Waals surface area contributed by atoms with Crippen molar-refractivity contribution in [2.45, 2.75) is 0 Å². The first kappa shape index (κ1) is 25.9. The van der Waals surface area contributed by atoms with Crippen LogP contribution in [0.25, 0.3) is 0 Å². The third-order valence-corrected chi connectivity index (χ3v) is 6.82. The van der Waals surface area contributed by atoms with Crippen LogP contribution in [0.5, 0.6) is 11.6 Å². The van der Waals surface area contributed by atoms with Crippen LogP contribution in [0.3, 0.4) is 0 Å². The minimum atomic E-state index is -0.118. The largest absolute Gasteiger partial charge is 0.493 e. The summed E-state index contributed by atoms with van der Waals surface area (Å²) in [5.41, 5.74) is 7.34. The van der Waals surface area contributed by atoms with E-state index in [9.17, 15) is 0 Å². The first-order valence-corrected chi connectivity index (χ1v) is 12.8. The third-order valence-electron chi connectivity index (χ3n) is 6.82. The maximum Gasteiger partial charge on any atom is 0.216 e. The summed E-state index contributed by atoms with van der Waals surface area (Å²) in [6, 6.07) is 42.1. The summed E-state index contributed by atoms with van der Waals surface area (Å²) in [5, 5.41) is 6.36. The van der Waals surface area contributed by atoms with Crippen molar-refractivity contribution in [3.63, 3.8) is 0 Å². The van der Waals surface area contributed by atoms with Gasteiger partial charge < -0.3 is 19.5 Å². The van der Waals surface area contributed by atoms with Gasteiger partial charge in [-0.25, -0.2) is 4.98 Å². The van der Waals surface area contributed by atoms with Crippen LogP contribution in [-0.2, 0) is 21.1 Å². The van der Waals surface area contributed by atoms with Crippen molar-refractivity contribution in [3.8, 4) is 11.6 Å². The van der Waals surface area contributed by atoms with Crippen molar-refractivity contribution < 1.29 is 25.8 Å². The average Bonchev–Trinajstić information content (AvgIpc) is 3.43. The standard InChI is InChI=1S/C32H23BN5O.Pt/c1-36-22-35-37(23-36)26-17-18-31-29(21-26)33(24-10-9-13-27(20-24)39-32-16-7-8-19-34-32)28-14-5-6-15-30(28)38(31)25-11-3-2-4-12-25;/h2-19,22-23H,1H3;/q-3;. The fourth-order valence-electron chi connectivity index (χ4n) is 5.15. The molecule has 198 valence electrons. The molecule has 7 rings (SSSR count). The maximum atomic E-state index is 6.07. The minimum absolute atomic E-state index is 0. The molecule has 0 saturated heterocycles. The topological polar surface area (TPSA) is 44.2 Å². The molecule has 0 atom stereocenters. The number of pyridine rings is 1. The third kappa shape index (κ3) is 4.78. The van der Waals surface area contributed by atoms with Gasteiger partial charge in [0.1, 0.15) is 0 Å². The molecular formula is C32H23BN5OPt-3. The number of rotatable bonds is 5. The van der Waals surface area contributed by atoms with Crippen molar-refractivity contribution in [2.24, 2.45) is 5.10 Å². The van der Waals surface area contributed by atoms with Gasteiger partial charge in [-0.1, -0.05) is 59.3 Å². The number of hydrogen-bond donors (Lipinski definition) is 0. The molecule has 1 aromatic heterocycles. The van der Waals surface area contributed by atoms with Gasteiger partial charge in [-0.2, -0.15) is 34.2 Å². The van der Waals surface area contributed by atoms with E-state index in [0.717, 1.165) is 33.7 Å². The summed E-state index contributed by atoms with van der Waals surface area (Å²) in [4.78, 5) is 8.54. The molecule has 0 aliphatic carbocycles. The van der Waals surface area contributed by atoms with E-state index < -0.39 is 0 Å². The Morgan fingerprint density at radius 3 is 2.42 bits per heavy atom. The van der Waals surface area contributed by atoms with E-state index in [1.165, 1.54) is 5.46 Å². The molecule has 0 saturated carbocycles. The Hall–Kier alpha value is -4.35. The van der Waals surface area contributed by atoms with Crippen LogP contribution in [0.1, 0.15) is 0 Å². The average molecular weight is 699 g/mol. The van der Waals surface area contributed by atoms with Crippen LogP contribution in [0.2, 0.25) is 0 Å². The zero-order chi connectivity index (χ0) is 26.2. The normalized spacial score (nSPS) is 13.5. The van der Waals surface area contributed by atoms with Crippen molar-refractivity contribution in [1.29, 1.82) is 0 Å². The number of aromatic nitrogens is 1. The summed E-state index contributed by atoms with van der Waals surface area (Å²) < 4.78 is 6.07. The first-order chi connectivity index (χ1) is 19.2. The number of fused-ring (bicyclic) bond motifs is 2. The maximum absolute atomic E-state index is 6.07. The molecule has 5 aromatic rings. The van der Waals surface area contributed by atoms with E-state index in [4.69, 9.17) is 4.74 Å². The molecule has 4 aromatic carbocycles. The molecule has 6 nitrogen and oxygen atoms in total. The van der Waals surface area contributed by atoms with E-state index in [0.29, 0.717) is 11.6 Å². The second kappa shape index (κ2) is 11.0. The molecule has 0 unspecified atom stereocenters. The zero-order valence-electron chi connectivity index (χ0n) is 21.6. The SMILES string of the molecule is CN1C=NN(c2[c-]c3c(cc2)N(c2ccccc2)c2ccccc2B3c2[c-]c(Oc3ccccn3)ccc2)[CH-]1.[Pt]. The molecule has 8 heteroatoms. The molecule has 0 fully saturated rings. The zero-order valence-corrected chi connectivity index (χ0v) is 23.9. The molecule has 0 radical (unpaired) electrons. The van der Waals surface area contributed by atoms with Crippen LogP contribution in [-0.4, -0.2) is 30.0 Å². The van der Waals surface area contributed by atoms with Crippen LogP contribution in [0.15, 0.2) is 114 Å². The summed E-state index contributed by atoms with van der Waals surface area (Å²) in [6.45, 7) is 1.82. The van der Waals surface area contributed by atoms with E-state index in [-0.39, 0.29) is 27.8 Å². The van der Waals surface area contributed by atoms with Gasteiger partial charge in [0.05, 0.1) is 6.34 Å². The van der Waals surface area contributed by atoms with Gasteiger partial charge in [-0.15, -0.1) is 30.9 Å². The fraction of sp³-hybridized carbons (Fsp3) is 0.0312. The first-order valence-electron chi connectivity index (χ1n) is 12.8. The number of nitrogens with zero attached hydrogens (tertiary/aromatic N) is 5. The van der Waals surface area contributed by atoms with E-state index in [2.05, 4.69) is 93.8 Å². The van der Waals surface area contributed by atoms with Gasteiger partial charge >= 0.3 is 0 Å². The predicted octanol–water partition coefficient (Wildman–Crippen LogP) is 4.59. The molecule has 0 spiro atoms. The summed E-state index contributed by atoms with van der Waals surface area (Å²) >= 11 is 0. The van der Waals surface area contributed by atoms with Gasteiger partial charge in [0.15, 0.2) is 6.71 Å². The molecule has 0 amide bonds. The fourth-order valence-corrected chi connectivity index (χ4v) is 5.15. The number of anilines is 4. The molecular weight excluding hydrogens is 676 g/mol. The number of hydrazone groups is 1. The second-order valence-corrected chi connectivity index (χ2v) is 9.40. The molecule has 3 heterocycles. The van der Waals surface area contributed by atoms with E-state index in [1.54, 1.807) is 12.5 Å². The Bertz CT molecular complexity index is 1670. The van der Waals surface area contributed by atoms with Crippen molar-refractivity contribution in [2.75, 3.05) is 17.0 Å². The molecule has 0 bridgehead atoms. The Morgan fingerprint density at radius 1 is 0.800 bits per heavy atom. The van der Waals surface area contributed by atoms with Gasteiger partial charge in [0.2, 0.25) is 5.88 Å². The Morgan fingerprint density at radius 2 is 1.62 bits per heavy atom. The number of hydrogen-bond acceptors (Lipinski definition) is 6. The predicted molar refractivity (Wildman–Crippen MR) is 157 cm³/mol. The van der Waals surface area contributed by atoms with Crippen molar-refractivity contribution in [3.05, 3.63) is 128 Å². The smallest absolute Gasteiger partial charge is 0.216 e.